The molecule has 16 heavy (non-hydrogen) atoms. The van der Waals surface area contributed by atoms with E-state index in [0.29, 0.717) is 10.9 Å². The Morgan fingerprint density at radius 3 is 2.69 bits per heavy atom. The first-order chi connectivity index (χ1) is 7.50. The molecule has 5 nitrogen and oxygen atoms in total. The summed E-state index contributed by atoms with van der Waals surface area (Å²) < 4.78 is 25.9. The average molecular weight is 305 g/mol. The number of carbonyl (C=O) groups is 1. The molecule has 0 N–H and O–H groups in total. The molecule has 1 aliphatic rings. The number of rotatable bonds is 2. The van der Waals surface area contributed by atoms with Gasteiger partial charge in [-0.05, 0) is 22.0 Å². The predicted octanol–water partition coefficient (Wildman–Crippen LogP) is 0.808. The van der Waals surface area contributed by atoms with Crippen molar-refractivity contribution in [2.75, 3.05) is 13.1 Å². The molecule has 0 amide bonds. The van der Waals surface area contributed by atoms with Crippen molar-refractivity contribution in [3.8, 4) is 0 Å². The Labute approximate surface area is 102 Å². The lowest BCUT2D eigenvalue weighted by Gasteiger charge is -2.14. The maximum Gasteiger partial charge on any atom is 0.245 e. The smallest absolute Gasteiger partial charge is 0.245 e. The monoisotopic (exact) mass is 304 g/mol. The van der Waals surface area contributed by atoms with E-state index in [1.54, 1.807) is 0 Å². The van der Waals surface area contributed by atoms with Crippen LogP contribution in [-0.4, -0.2) is 36.6 Å². The molecule has 0 aliphatic carbocycles. The van der Waals surface area contributed by atoms with Gasteiger partial charge < -0.3 is 0 Å². The summed E-state index contributed by atoms with van der Waals surface area (Å²) in [5.41, 5.74) is 0. The maximum absolute atomic E-state index is 12.0. The highest BCUT2D eigenvalue weighted by Gasteiger charge is 2.31. The van der Waals surface area contributed by atoms with Gasteiger partial charge >= 0.3 is 0 Å². The zero-order valence-corrected chi connectivity index (χ0v) is 10.7. The van der Waals surface area contributed by atoms with Crippen molar-refractivity contribution >= 4 is 31.7 Å². The fourth-order valence-electron chi connectivity index (χ4n) is 1.49. The number of halogens is 1. The highest BCUT2D eigenvalue weighted by atomic mass is 79.9. The third-order valence-electron chi connectivity index (χ3n) is 2.31. The van der Waals surface area contributed by atoms with Gasteiger partial charge in [0.2, 0.25) is 10.0 Å². The summed E-state index contributed by atoms with van der Waals surface area (Å²) >= 11 is 3.16. The summed E-state index contributed by atoms with van der Waals surface area (Å²) in [6, 6.07) is 1.48. The number of carbonyl (C=O) groups excluding carboxylic acids is 1. The molecule has 0 spiro atoms. The Balaban J connectivity index is 2.36. The molecule has 86 valence electrons. The Kier molecular flexibility index (Phi) is 3.09. The molecule has 0 aromatic carbocycles. The summed E-state index contributed by atoms with van der Waals surface area (Å²) in [7, 11) is -3.57. The van der Waals surface area contributed by atoms with Crippen LogP contribution in [-0.2, 0) is 14.8 Å². The van der Waals surface area contributed by atoms with Crippen LogP contribution in [0.2, 0.25) is 0 Å². The first kappa shape index (κ1) is 11.7. The lowest BCUT2D eigenvalue weighted by molar-refractivity contribution is -0.116. The van der Waals surface area contributed by atoms with Gasteiger partial charge in [-0.25, -0.2) is 8.42 Å². The van der Waals surface area contributed by atoms with Crippen molar-refractivity contribution in [1.82, 2.24) is 9.29 Å². The van der Waals surface area contributed by atoms with Gasteiger partial charge in [-0.1, -0.05) is 0 Å². The molecule has 2 heterocycles. The average Bonchev–Trinajstić information content (AvgIpc) is 2.65. The van der Waals surface area contributed by atoms with Gasteiger partial charge in [-0.3, -0.25) is 9.78 Å². The molecular formula is C9H9BrN2O3S. The Morgan fingerprint density at radius 2 is 2.12 bits per heavy atom. The molecule has 0 saturated carbocycles. The molecule has 0 bridgehead atoms. The normalized spacial score (nSPS) is 17.9. The third-order valence-corrected chi connectivity index (χ3v) is 4.55. The van der Waals surface area contributed by atoms with Crippen molar-refractivity contribution in [2.24, 2.45) is 0 Å². The van der Waals surface area contributed by atoms with E-state index in [4.69, 9.17) is 0 Å². The second-order valence-corrected chi connectivity index (χ2v) is 6.32. The zero-order valence-electron chi connectivity index (χ0n) is 8.26. The lowest BCUT2D eigenvalue weighted by Crippen LogP contribution is -2.29. The molecule has 1 aromatic rings. The van der Waals surface area contributed by atoms with Crippen LogP contribution in [0.25, 0.3) is 0 Å². The van der Waals surface area contributed by atoms with E-state index >= 15 is 0 Å². The molecule has 0 unspecified atom stereocenters. The molecule has 1 saturated heterocycles. The molecule has 0 atom stereocenters. The van der Waals surface area contributed by atoms with Crippen LogP contribution in [0.15, 0.2) is 27.8 Å². The van der Waals surface area contributed by atoms with Gasteiger partial charge in [-0.2, -0.15) is 4.31 Å². The SMILES string of the molecule is O=C1CCN(S(=O)(=O)c2cncc(Br)c2)C1. The Hall–Kier alpha value is -0.790. The first-order valence-corrected chi connectivity index (χ1v) is 6.86. The van der Waals surface area contributed by atoms with Gasteiger partial charge in [0.15, 0.2) is 0 Å². The van der Waals surface area contributed by atoms with Gasteiger partial charge in [0.05, 0.1) is 6.54 Å². The van der Waals surface area contributed by atoms with Crippen LogP contribution in [0.3, 0.4) is 0 Å². The predicted molar refractivity (Wildman–Crippen MR) is 60.3 cm³/mol. The minimum Gasteiger partial charge on any atom is -0.298 e. The summed E-state index contributed by atoms with van der Waals surface area (Å²) in [4.78, 5) is 15.0. The zero-order chi connectivity index (χ0) is 11.8. The topological polar surface area (TPSA) is 67.3 Å². The number of sulfonamides is 1. The molecule has 0 radical (unpaired) electrons. The number of Topliss-reactive ketones (excluding diaryl/α,β-unsaturated/α-hetero) is 1. The highest BCUT2D eigenvalue weighted by Crippen LogP contribution is 2.21. The van der Waals surface area contributed by atoms with Gasteiger partial charge in [0.1, 0.15) is 10.7 Å². The molecule has 1 aliphatic heterocycles. The van der Waals surface area contributed by atoms with Gasteiger partial charge in [0.25, 0.3) is 0 Å². The van der Waals surface area contributed by atoms with Gasteiger partial charge in [-0.15, -0.1) is 0 Å². The fraction of sp³-hybridized carbons (Fsp3) is 0.333. The van der Waals surface area contributed by atoms with Crippen LogP contribution >= 0.6 is 15.9 Å². The van der Waals surface area contributed by atoms with Crippen molar-refractivity contribution in [1.29, 1.82) is 0 Å². The number of nitrogens with zero attached hydrogens (tertiary/aromatic N) is 2. The van der Waals surface area contributed by atoms with E-state index in [2.05, 4.69) is 20.9 Å². The number of ketones is 1. The standard InChI is InChI=1S/C9H9BrN2O3S/c10-7-3-9(5-11-4-7)16(14,15)12-2-1-8(13)6-12/h3-5H,1-2,6H2. The number of aromatic nitrogens is 1. The quantitative estimate of drug-likeness (QED) is 0.811. The minimum absolute atomic E-state index is 0.0329. The second-order valence-electron chi connectivity index (χ2n) is 3.47. The lowest BCUT2D eigenvalue weighted by atomic mass is 10.4. The number of hydrogen-bond donors (Lipinski definition) is 0. The van der Waals surface area contributed by atoms with E-state index in [0.717, 1.165) is 0 Å². The minimum atomic E-state index is -3.57. The highest BCUT2D eigenvalue weighted by molar-refractivity contribution is 9.10. The maximum atomic E-state index is 12.0. The Morgan fingerprint density at radius 1 is 1.38 bits per heavy atom. The molecule has 1 fully saturated rings. The van der Waals surface area contributed by atoms with Crippen molar-refractivity contribution in [3.63, 3.8) is 0 Å². The molecule has 7 heteroatoms. The molecule has 2 rings (SSSR count). The van der Waals surface area contributed by atoms with Crippen molar-refractivity contribution < 1.29 is 13.2 Å². The van der Waals surface area contributed by atoms with Crippen LogP contribution in [0.1, 0.15) is 6.42 Å². The van der Waals surface area contributed by atoms with E-state index in [-0.39, 0.29) is 23.8 Å². The fourth-order valence-corrected chi connectivity index (χ4v) is 3.42. The summed E-state index contributed by atoms with van der Waals surface area (Å²) in [5.74, 6) is -0.0495. The summed E-state index contributed by atoms with van der Waals surface area (Å²) in [6.07, 6.45) is 3.08. The first-order valence-electron chi connectivity index (χ1n) is 4.62. The van der Waals surface area contributed by atoms with Crippen molar-refractivity contribution in [3.05, 3.63) is 22.9 Å². The number of pyridine rings is 1. The third kappa shape index (κ3) is 2.16. The van der Waals surface area contributed by atoms with Crippen molar-refractivity contribution in [2.45, 2.75) is 11.3 Å². The molecule has 1 aromatic heterocycles. The van der Waals surface area contributed by atoms with Gasteiger partial charge in [0, 0.05) is 29.8 Å². The van der Waals surface area contributed by atoms with Crippen LogP contribution < -0.4 is 0 Å². The van der Waals surface area contributed by atoms with Crippen LogP contribution in [0.4, 0.5) is 0 Å². The van der Waals surface area contributed by atoms with E-state index in [9.17, 15) is 13.2 Å². The van der Waals surface area contributed by atoms with Crippen LogP contribution in [0.5, 0.6) is 0 Å². The molecular weight excluding hydrogens is 296 g/mol. The van der Waals surface area contributed by atoms with E-state index < -0.39 is 10.0 Å². The number of hydrogen-bond acceptors (Lipinski definition) is 4. The largest absolute Gasteiger partial charge is 0.298 e. The van der Waals surface area contributed by atoms with E-state index in [1.165, 1.54) is 22.8 Å². The Bertz CT molecular complexity index is 529. The van der Waals surface area contributed by atoms with E-state index in [1.807, 2.05) is 0 Å². The second kappa shape index (κ2) is 4.23. The van der Waals surface area contributed by atoms with Crippen LogP contribution in [0, 0.1) is 0 Å². The summed E-state index contributed by atoms with van der Waals surface area (Å²) in [6.45, 7) is 0.225. The summed E-state index contributed by atoms with van der Waals surface area (Å²) in [5, 5.41) is 0.